The Kier molecular flexibility index (Phi) is 5.39. The monoisotopic (exact) mass is 381 g/mol. The van der Waals surface area contributed by atoms with Gasteiger partial charge in [0, 0.05) is 31.1 Å². The average Bonchev–Trinajstić information content (AvgIpc) is 3.45. The molecule has 146 valence electrons. The number of carbonyl (C=O) groups excluding carboxylic acids is 2. The summed E-state index contributed by atoms with van der Waals surface area (Å²) in [6, 6.07) is 14.4. The summed E-state index contributed by atoms with van der Waals surface area (Å²) in [5, 5.41) is 2.95. The van der Waals surface area contributed by atoms with Crippen molar-refractivity contribution >= 4 is 23.2 Å². The number of hydrogen-bond acceptors (Lipinski definition) is 3. The lowest BCUT2D eigenvalue weighted by Gasteiger charge is -2.23. The molecule has 2 amide bonds. The highest BCUT2D eigenvalue weighted by molar-refractivity contribution is 6.02. The summed E-state index contributed by atoms with van der Waals surface area (Å²) in [5.74, 6) is -0.311. The number of carbonyl (C=O) groups is 2. The van der Waals surface area contributed by atoms with Crippen molar-refractivity contribution in [2.45, 2.75) is 38.3 Å². The van der Waals surface area contributed by atoms with E-state index in [2.05, 4.69) is 5.32 Å². The molecule has 0 bridgehead atoms. The van der Waals surface area contributed by atoms with Crippen LogP contribution < -0.4 is 10.2 Å². The van der Waals surface area contributed by atoms with Gasteiger partial charge in [-0.1, -0.05) is 30.3 Å². The minimum absolute atomic E-state index is 0.0841. The fraction of sp³-hybridized carbons (Fsp3) is 0.364. The van der Waals surface area contributed by atoms with Crippen LogP contribution in [0.15, 0.2) is 48.5 Å². The molecule has 4 rings (SSSR count). The Bertz CT molecular complexity index is 882. The van der Waals surface area contributed by atoms with E-state index < -0.39 is 0 Å². The van der Waals surface area contributed by atoms with E-state index in [0.717, 1.165) is 24.9 Å². The van der Waals surface area contributed by atoms with Crippen LogP contribution in [0.2, 0.25) is 0 Å². The zero-order chi connectivity index (χ0) is 19.5. The lowest BCUT2D eigenvalue weighted by Crippen LogP contribution is -2.35. The Hall–Kier alpha value is -2.73. The van der Waals surface area contributed by atoms with Crippen LogP contribution in [0.1, 0.15) is 31.2 Å². The van der Waals surface area contributed by atoms with E-state index in [0.29, 0.717) is 36.8 Å². The highest BCUT2D eigenvalue weighted by atomic mass is 19.1. The van der Waals surface area contributed by atoms with Crippen molar-refractivity contribution in [3.63, 3.8) is 0 Å². The number of benzene rings is 2. The molecule has 2 aromatic rings. The SMILES string of the molecule is O=C(CN(Cc1ccccc1F)C1CC1)Nc1ccccc1N1CCCC1=O. The van der Waals surface area contributed by atoms with Crippen molar-refractivity contribution in [1.29, 1.82) is 0 Å². The van der Waals surface area contributed by atoms with Gasteiger partial charge in [0.1, 0.15) is 5.82 Å². The van der Waals surface area contributed by atoms with E-state index in [1.165, 1.54) is 6.07 Å². The van der Waals surface area contributed by atoms with Crippen LogP contribution in [0.25, 0.3) is 0 Å². The zero-order valence-electron chi connectivity index (χ0n) is 15.7. The third-order valence-corrected chi connectivity index (χ3v) is 5.28. The van der Waals surface area contributed by atoms with Gasteiger partial charge in [-0.05, 0) is 37.5 Å². The summed E-state index contributed by atoms with van der Waals surface area (Å²) in [4.78, 5) is 28.6. The minimum Gasteiger partial charge on any atom is -0.323 e. The van der Waals surface area contributed by atoms with Crippen LogP contribution in [0.4, 0.5) is 15.8 Å². The molecule has 1 N–H and O–H groups in total. The summed E-state index contributed by atoms with van der Waals surface area (Å²) in [6.45, 7) is 1.28. The Morgan fingerprint density at radius 1 is 1.14 bits per heavy atom. The number of anilines is 2. The third kappa shape index (κ3) is 4.22. The number of amides is 2. The average molecular weight is 381 g/mol. The first-order valence-electron chi connectivity index (χ1n) is 9.78. The molecule has 1 aliphatic heterocycles. The molecule has 2 aromatic carbocycles. The standard InChI is InChI=1S/C22H24FN3O2/c23-18-7-2-1-6-16(18)14-25(17-11-12-17)15-21(27)24-19-8-3-4-9-20(19)26-13-5-10-22(26)28/h1-4,6-9,17H,5,10-15H2,(H,24,27). The largest absolute Gasteiger partial charge is 0.323 e. The number of nitrogens with one attached hydrogen (secondary N) is 1. The summed E-state index contributed by atoms with van der Waals surface area (Å²) in [5.41, 5.74) is 1.99. The lowest BCUT2D eigenvalue weighted by atomic mass is 10.2. The second kappa shape index (κ2) is 8.10. The van der Waals surface area contributed by atoms with Crippen LogP contribution >= 0.6 is 0 Å². The fourth-order valence-corrected chi connectivity index (χ4v) is 3.69. The minimum atomic E-state index is -0.244. The Labute approximate surface area is 164 Å². The molecule has 1 saturated carbocycles. The third-order valence-electron chi connectivity index (χ3n) is 5.28. The van der Waals surface area contributed by atoms with Gasteiger partial charge in [-0.2, -0.15) is 0 Å². The Morgan fingerprint density at radius 3 is 2.61 bits per heavy atom. The molecule has 6 heteroatoms. The smallest absolute Gasteiger partial charge is 0.238 e. The van der Waals surface area contributed by atoms with Crippen molar-refractivity contribution in [3.05, 3.63) is 59.9 Å². The molecule has 2 fully saturated rings. The van der Waals surface area contributed by atoms with E-state index in [-0.39, 0.29) is 24.2 Å². The molecule has 0 spiro atoms. The Morgan fingerprint density at radius 2 is 1.89 bits per heavy atom. The van der Waals surface area contributed by atoms with Gasteiger partial charge in [0.25, 0.3) is 0 Å². The molecule has 1 heterocycles. The predicted octanol–water partition coefficient (Wildman–Crippen LogP) is 3.56. The molecule has 5 nitrogen and oxygen atoms in total. The van der Waals surface area contributed by atoms with Crippen LogP contribution in [-0.4, -0.2) is 35.8 Å². The zero-order valence-corrected chi connectivity index (χ0v) is 15.7. The van der Waals surface area contributed by atoms with Gasteiger partial charge < -0.3 is 10.2 Å². The van der Waals surface area contributed by atoms with Crippen LogP contribution in [0.5, 0.6) is 0 Å². The van der Waals surface area contributed by atoms with E-state index in [4.69, 9.17) is 0 Å². The van der Waals surface area contributed by atoms with Crippen molar-refractivity contribution in [2.75, 3.05) is 23.3 Å². The molecule has 0 aromatic heterocycles. The lowest BCUT2D eigenvalue weighted by molar-refractivity contribution is -0.118. The molecule has 28 heavy (non-hydrogen) atoms. The first-order chi connectivity index (χ1) is 13.6. The van der Waals surface area contributed by atoms with Gasteiger partial charge in [0.15, 0.2) is 0 Å². The fourth-order valence-electron chi connectivity index (χ4n) is 3.69. The molecule has 0 unspecified atom stereocenters. The van der Waals surface area contributed by atoms with Gasteiger partial charge in [-0.3, -0.25) is 14.5 Å². The highest BCUT2D eigenvalue weighted by Gasteiger charge is 2.31. The van der Waals surface area contributed by atoms with Crippen molar-refractivity contribution in [3.8, 4) is 0 Å². The van der Waals surface area contributed by atoms with Crippen LogP contribution in [0, 0.1) is 5.82 Å². The van der Waals surface area contributed by atoms with E-state index in [1.807, 2.05) is 35.2 Å². The van der Waals surface area contributed by atoms with E-state index in [9.17, 15) is 14.0 Å². The maximum absolute atomic E-state index is 14.0. The van der Waals surface area contributed by atoms with Gasteiger partial charge in [0.05, 0.1) is 17.9 Å². The molecule has 1 saturated heterocycles. The molecule has 0 atom stereocenters. The number of hydrogen-bond donors (Lipinski definition) is 1. The topological polar surface area (TPSA) is 52.7 Å². The molecular formula is C22H24FN3O2. The first-order valence-corrected chi connectivity index (χ1v) is 9.78. The quantitative estimate of drug-likeness (QED) is 0.798. The molecule has 1 aliphatic carbocycles. The van der Waals surface area contributed by atoms with Crippen molar-refractivity contribution in [1.82, 2.24) is 4.90 Å². The Balaban J connectivity index is 1.45. The second-order valence-corrected chi connectivity index (χ2v) is 7.44. The van der Waals surface area contributed by atoms with Crippen LogP contribution in [-0.2, 0) is 16.1 Å². The maximum atomic E-state index is 14.0. The van der Waals surface area contributed by atoms with Gasteiger partial charge in [-0.25, -0.2) is 4.39 Å². The van der Waals surface area contributed by atoms with Crippen LogP contribution in [0.3, 0.4) is 0 Å². The number of halogens is 1. The number of para-hydroxylation sites is 2. The molecule has 0 radical (unpaired) electrons. The van der Waals surface area contributed by atoms with Crippen molar-refractivity contribution < 1.29 is 14.0 Å². The van der Waals surface area contributed by atoms with Gasteiger partial charge in [0.2, 0.25) is 11.8 Å². The normalized spacial score (nSPS) is 16.6. The van der Waals surface area contributed by atoms with Gasteiger partial charge in [-0.15, -0.1) is 0 Å². The van der Waals surface area contributed by atoms with Gasteiger partial charge >= 0.3 is 0 Å². The number of nitrogens with zero attached hydrogens (tertiary/aromatic N) is 2. The highest BCUT2D eigenvalue weighted by Crippen LogP contribution is 2.31. The summed E-state index contributed by atoms with van der Waals surface area (Å²) < 4.78 is 14.0. The van der Waals surface area contributed by atoms with E-state index >= 15 is 0 Å². The van der Waals surface area contributed by atoms with Crippen molar-refractivity contribution in [2.24, 2.45) is 0 Å². The molecule has 2 aliphatic rings. The predicted molar refractivity (Wildman–Crippen MR) is 106 cm³/mol. The number of rotatable bonds is 7. The first kappa shape index (κ1) is 18.6. The summed E-state index contributed by atoms with van der Waals surface area (Å²) in [6.07, 6.45) is 3.43. The maximum Gasteiger partial charge on any atom is 0.238 e. The molecular weight excluding hydrogens is 357 g/mol. The summed E-state index contributed by atoms with van der Waals surface area (Å²) in [7, 11) is 0. The summed E-state index contributed by atoms with van der Waals surface area (Å²) >= 11 is 0. The second-order valence-electron chi connectivity index (χ2n) is 7.44. The van der Waals surface area contributed by atoms with E-state index in [1.54, 1.807) is 17.0 Å².